The molecule has 11 nitrogen and oxygen atoms in total. The maximum atomic E-state index is 16.8. The van der Waals surface area contributed by atoms with E-state index in [1.165, 1.54) is 24.1 Å². The maximum Gasteiger partial charge on any atom is 0.264 e. The molecule has 5 aliphatic rings. The van der Waals surface area contributed by atoms with Gasteiger partial charge in [-0.25, -0.2) is 17.5 Å². The van der Waals surface area contributed by atoms with Crippen molar-refractivity contribution in [3.8, 4) is 5.75 Å². The van der Waals surface area contributed by atoms with Crippen molar-refractivity contribution in [2.24, 2.45) is 5.92 Å². The van der Waals surface area contributed by atoms with Gasteiger partial charge >= 0.3 is 0 Å². The van der Waals surface area contributed by atoms with E-state index in [0.717, 1.165) is 45.2 Å². The number of amides is 2. The number of anilines is 1. The molecule has 7 rings (SSSR count). The van der Waals surface area contributed by atoms with E-state index < -0.39 is 44.4 Å². The minimum Gasteiger partial charge on any atom is -0.490 e. The first-order chi connectivity index (χ1) is 25.8. The highest BCUT2D eigenvalue weighted by Crippen LogP contribution is 2.45. The summed E-state index contributed by atoms with van der Waals surface area (Å²) in [6.45, 7) is 9.15. The molecule has 0 radical (unpaired) electrons. The van der Waals surface area contributed by atoms with Crippen LogP contribution in [0.2, 0.25) is 5.02 Å². The molecule has 2 aromatic rings. The number of fused-ring (bicyclic) bond motifs is 4. The van der Waals surface area contributed by atoms with Crippen molar-refractivity contribution in [2.75, 3.05) is 77.6 Å². The summed E-state index contributed by atoms with van der Waals surface area (Å²) >= 11 is 6.46. The number of hydrogen-bond donors (Lipinski definition) is 1. The second-order valence-corrected chi connectivity index (χ2v) is 18.4. The van der Waals surface area contributed by atoms with Gasteiger partial charge in [-0.15, -0.1) is 0 Å². The lowest BCUT2D eigenvalue weighted by molar-refractivity contribution is -0.135. The topological polar surface area (TPSA) is 112 Å². The molecule has 1 N–H and O–H groups in total. The first-order valence-electron chi connectivity index (χ1n) is 19.4. The fourth-order valence-corrected chi connectivity index (χ4v) is 10.4. The van der Waals surface area contributed by atoms with Crippen LogP contribution in [0, 0.1) is 5.92 Å². The summed E-state index contributed by atoms with van der Waals surface area (Å²) in [6.07, 6.45) is 5.73. The number of benzene rings is 2. The summed E-state index contributed by atoms with van der Waals surface area (Å²) in [7, 11) is -2.40. The zero-order valence-corrected chi connectivity index (χ0v) is 33.1. The van der Waals surface area contributed by atoms with E-state index in [0.29, 0.717) is 69.0 Å². The van der Waals surface area contributed by atoms with Crippen molar-refractivity contribution < 1.29 is 31.9 Å². The Morgan fingerprint density at radius 2 is 1.91 bits per heavy atom. The number of carbonyl (C=O) groups is 2. The molecule has 0 unspecified atom stereocenters. The van der Waals surface area contributed by atoms with Gasteiger partial charge < -0.3 is 19.3 Å². The van der Waals surface area contributed by atoms with Crippen molar-refractivity contribution in [1.29, 1.82) is 0 Å². The molecule has 4 heterocycles. The number of nitrogens with one attached hydrogen (secondary N) is 1. The second kappa shape index (κ2) is 16.1. The Balaban J connectivity index is 1.29. The van der Waals surface area contributed by atoms with Crippen LogP contribution in [0.1, 0.15) is 67.4 Å². The van der Waals surface area contributed by atoms with Crippen LogP contribution in [0.4, 0.5) is 10.1 Å². The standard InChI is InChI=1S/C40H53ClFN5O6S/c1-27-8-12-34(42)37(39(49)44(3)16-17-45-18-20-52-21-19-45)47-15-5-7-32(47)24-46-25-40(14-4-6-29-22-31(41)10-11-33(29)40)26-53-36-13-9-30(23-35(36)46)38(48)43-54(50,51)28(27)2/h9-13,22-23,27-28,32,37H,4-8,14-21,24-26H2,1-3H3,(H,43,48)/b34-12-/t27-,28+,32-,37+,40-/m0/s1. The van der Waals surface area contributed by atoms with Crippen LogP contribution < -0.4 is 14.4 Å². The summed E-state index contributed by atoms with van der Waals surface area (Å²) in [6, 6.07) is 9.78. The molecule has 2 bridgehead atoms. The summed E-state index contributed by atoms with van der Waals surface area (Å²) in [5.74, 6) is -1.58. The lowest BCUT2D eigenvalue weighted by Gasteiger charge is -2.42. The predicted octanol–water partition coefficient (Wildman–Crippen LogP) is 4.78. The Bertz CT molecular complexity index is 1870. The quantitative estimate of drug-likeness (QED) is 0.469. The molecular weight excluding hydrogens is 733 g/mol. The van der Waals surface area contributed by atoms with Crippen molar-refractivity contribution in [1.82, 2.24) is 19.4 Å². The van der Waals surface area contributed by atoms with Crippen LogP contribution in [0.5, 0.6) is 5.75 Å². The molecule has 294 valence electrons. The van der Waals surface area contributed by atoms with Gasteiger partial charge in [-0.3, -0.25) is 19.4 Å². The van der Waals surface area contributed by atoms with E-state index in [-0.39, 0.29) is 23.9 Å². The first-order valence-corrected chi connectivity index (χ1v) is 21.3. The normalized spacial score (nSPS) is 30.3. The molecule has 2 fully saturated rings. The Hall–Kier alpha value is -3.23. The van der Waals surface area contributed by atoms with Crippen LogP contribution >= 0.6 is 11.6 Å². The van der Waals surface area contributed by atoms with Gasteiger partial charge in [0.1, 0.15) is 17.6 Å². The molecule has 5 atom stereocenters. The summed E-state index contributed by atoms with van der Waals surface area (Å²) in [4.78, 5) is 36.2. The molecule has 1 aliphatic carbocycles. The Labute approximate surface area is 323 Å². The van der Waals surface area contributed by atoms with Gasteiger partial charge in [0.05, 0.1) is 30.8 Å². The molecule has 2 amide bonds. The second-order valence-electron chi connectivity index (χ2n) is 15.9. The van der Waals surface area contributed by atoms with E-state index in [1.807, 2.05) is 17.0 Å². The zero-order chi connectivity index (χ0) is 38.2. The number of likely N-dealkylation sites (N-methyl/N-ethyl adjacent to an activating group) is 1. The summed E-state index contributed by atoms with van der Waals surface area (Å²) < 4.78 is 58.3. The van der Waals surface area contributed by atoms with Crippen LogP contribution in [0.15, 0.2) is 48.3 Å². The number of nitrogens with zero attached hydrogens (tertiary/aromatic N) is 4. The monoisotopic (exact) mass is 785 g/mol. The highest BCUT2D eigenvalue weighted by Gasteiger charge is 2.45. The third-order valence-corrected chi connectivity index (χ3v) is 14.6. The number of hydrogen-bond acceptors (Lipinski definition) is 9. The fraction of sp³-hybridized carbons (Fsp3) is 0.600. The molecule has 2 aromatic carbocycles. The minimum absolute atomic E-state index is 0.0795. The predicted molar refractivity (Wildman–Crippen MR) is 207 cm³/mol. The van der Waals surface area contributed by atoms with Gasteiger partial charge in [0.25, 0.3) is 5.91 Å². The average Bonchev–Trinajstić information content (AvgIpc) is 3.55. The minimum atomic E-state index is -4.14. The summed E-state index contributed by atoms with van der Waals surface area (Å²) in [5, 5.41) is -0.325. The SMILES string of the molecule is C[C@@H]1[C@@H](C)C/C=C(\F)[C@H](C(=O)N(C)CCN2CCOCC2)N2CCC[C@H]2CN2C[C@@]3(CCCc4cc(Cl)ccc43)COc3ccc(cc32)C(=O)NS1(=O)=O. The third kappa shape index (κ3) is 8.02. The van der Waals surface area contributed by atoms with Crippen molar-refractivity contribution >= 4 is 39.1 Å². The molecule has 4 aliphatic heterocycles. The van der Waals surface area contributed by atoms with Crippen LogP contribution in [-0.2, 0) is 31.4 Å². The average molecular weight is 786 g/mol. The van der Waals surface area contributed by atoms with Crippen LogP contribution in [0.25, 0.3) is 0 Å². The first kappa shape index (κ1) is 39.0. The number of rotatable bonds is 4. The molecule has 14 heteroatoms. The molecular formula is C40H53ClFN5O6S. The molecule has 54 heavy (non-hydrogen) atoms. The number of carbonyl (C=O) groups excluding carboxylic acids is 2. The smallest absolute Gasteiger partial charge is 0.264 e. The highest BCUT2D eigenvalue weighted by molar-refractivity contribution is 7.90. The van der Waals surface area contributed by atoms with Gasteiger partial charge in [-0.2, -0.15) is 0 Å². The highest BCUT2D eigenvalue weighted by atomic mass is 35.5. The number of allylic oxidation sites excluding steroid dienone is 1. The van der Waals surface area contributed by atoms with E-state index in [9.17, 15) is 18.0 Å². The van der Waals surface area contributed by atoms with E-state index in [4.69, 9.17) is 21.1 Å². The Morgan fingerprint density at radius 3 is 2.70 bits per heavy atom. The van der Waals surface area contributed by atoms with Gasteiger partial charge in [0.15, 0.2) is 0 Å². The van der Waals surface area contributed by atoms with E-state index in [2.05, 4.69) is 20.6 Å². The summed E-state index contributed by atoms with van der Waals surface area (Å²) in [5.41, 5.74) is 2.83. The molecule has 0 saturated carbocycles. The Kier molecular flexibility index (Phi) is 11.6. The number of morpholine rings is 1. The van der Waals surface area contributed by atoms with E-state index in [1.54, 1.807) is 37.1 Å². The number of ether oxygens (including phenoxy) is 2. The fourth-order valence-electron chi connectivity index (χ4n) is 8.95. The Morgan fingerprint density at radius 1 is 1.11 bits per heavy atom. The third-order valence-electron chi connectivity index (χ3n) is 12.4. The molecule has 2 saturated heterocycles. The van der Waals surface area contributed by atoms with Crippen LogP contribution in [0.3, 0.4) is 0 Å². The van der Waals surface area contributed by atoms with Crippen molar-refractivity contribution in [3.63, 3.8) is 0 Å². The van der Waals surface area contributed by atoms with Crippen LogP contribution in [-0.4, -0.2) is 125 Å². The van der Waals surface area contributed by atoms with Gasteiger partial charge in [-0.1, -0.05) is 30.7 Å². The number of aryl methyl sites for hydroxylation is 1. The molecule has 1 spiro atoms. The lowest BCUT2D eigenvalue weighted by Crippen LogP contribution is -2.54. The lowest BCUT2D eigenvalue weighted by atomic mass is 9.70. The van der Waals surface area contributed by atoms with Crippen molar-refractivity contribution in [2.45, 2.75) is 75.1 Å². The van der Waals surface area contributed by atoms with Gasteiger partial charge in [0, 0.05) is 68.4 Å². The largest absolute Gasteiger partial charge is 0.490 e. The molecule has 0 aromatic heterocycles. The van der Waals surface area contributed by atoms with E-state index >= 15 is 4.39 Å². The van der Waals surface area contributed by atoms with Gasteiger partial charge in [0.2, 0.25) is 15.9 Å². The number of sulfonamides is 1. The number of halogens is 2. The van der Waals surface area contributed by atoms with Gasteiger partial charge in [-0.05, 0) is 99.4 Å². The van der Waals surface area contributed by atoms with Crippen molar-refractivity contribution in [3.05, 3.63) is 70.0 Å². The zero-order valence-electron chi connectivity index (χ0n) is 31.6. The maximum absolute atomic E-state index is 16.8.